The van der Waals surface area contributed by atoms with E-state index in [0.717, 1.165) is 16.7 Å². The zero-order valence-electron chi connectivity index (χ0n) is 10.1. The van der Waals surface area contributed by atoms with Gasteiger partial charge in [-0.05, 0) is 29.5 Å². The molecule has 1 unspecified atom stereocenters. The fourth-order valence-electron chi connectivity index (χ4n) is 1.78. The highest BCUT2D eigenvalue weighted by atomic mass is 16.3. The maximum absolute atomic E-state index is 10.1. The van der Waals surface area contributed by atoms with Crippen molar-refractivity contribution in [3.05, 3.63) is 28.8 Å². The summed E-state index contributed by atoms with van der Waals surface area (Å²) in [6.45, 7) is 5.63. The molecule has 16 heavy (non-hydrogen) atoms. The summed E-state index contributed by atoms with van der Waals surface area (Å²) >= 11 is 0. The summed E-state index contributed by atoms with van der Waals surface area (Å²) in [5.74, 6) is 0.494. The standard InChI is InChI=1S/C13H20O3/c1-8(2)11-5-4-9(3)12(13(11)16)6-10(15)7-14/h4-5,8,10,14-16H,6-7H2,1-3H3. The Morgan fingerprint density at radius 3 is 2.38 bits per heavy atom. The topological polar surface area (TPSA) is 60.7 Å². The highest BCUT2D eigenvalue weighted by molar-refractivity contribution is 5.46. The maximum Gasteiger partial charge on any atom is 0.122 e. The van der Waals surface area contributed by atoms with Gasteiger partial charge in [0.05, 0.1) is 12.7 Å². The molecule has 0 aliphatic carbocycles. The van der Waals surface area contributed by atoms with Gasteiger partial charge in [-0.1, -0.05) is 26.0 Å². The van der Waals surface area contributed by atoms with Gasteiger partial charge in [0.15, 0.2) is 0 Å². The van der Waals surface area contributed by atoms with Crippen LogP contribution in [0.3, 0.4) is 0 Å². The Hall–Kier alpha value is -1.06. The summed E-state index contributed by atoms with van der Waals surface area (Å²) in [6, 6.07) is 3.85. The van der Waals surface area contributed by atoms with Crippen molar-refractivity contribution in [3.8, 4) is 5.75 Å². The summed E-state index contributed by atoms with van der Waals surface area (Å²) in [4.78, 5) is 0. The number of aliphatic hydroxyl groups excluding tert-OH is 2. The molecule has 3 heteroatoms. The molecular weight excluding hydrogens is 204 g/mol. The van der Waals surface area contributed by atoms with Crippen LogP contribution in [0.4, 0.5) is 0 Å². The van der Waals surface area contributed by atoms with Gasteiger partial charge in [-0.15, -0.1) is 0 Å². The van der Waals surface area contributed by atoms with E-state index in [4.69, 9.17) is 5.11 Å². The van der Waals surface area contributed by atoms with Crippen LogP contribution in [0.2, 0.25) is 0 Å². The minimum atomic E-state index is -0.813. The molecule has 0 bridgehead atoms. The van der Waals surface area contributed by atoms with E-state index in [1.165, 1.54) is 0 Å². The molecule has 0 aliphatic rings. The van der Waals surface area contributed by atoms with Crippen molar-refractivity contribution in [2.75, 3.05) is 6.61 Å². The van der Waals surface area contributed by atoms with Crippen LogP contribution in [0.15, 0.2) is 12.1 Å². The first-order valence-electron chi connectivity index (χ1n) is 5.57. The van der Waals surface area contributed by atoms with Crippen LogP contribution in [-0.2, 0) is 6.42 Å². The lowest BCUT2D eigenvalue weighted by atomic mass is 9.93. The van der Waals surface area contributed by atoms with E-state index in [2.05, 4.69) is 0 Å². The molecule has 0 saturated carbocycles. The Kier molecular flexibility index (Phi) is 4.33. The monoisotopic (exact) mass is 224 g/mol. The van der Waals surface area contributed by atoms with Gasteiger partial charge in [0.1, 0.15) is 5.75 Å². The van der Waals surface area contributed by atoms with E-state index in [-0.39, 0.29) is 24.7 Å². The van der Waals surface area contributed by atoms with Gasteiger partial charge in [0, 0.05) is 6.42 Å². The number of aliphatic hydroxyl groups is 2. The molecule has 1 aromatic rings. The van der Waals surface area contributed by atoms with Crippen molar-refractivity contribution in [1.29, 1.82) is 0 Å². The van der Waals surface area contributed by atoms with Crippen LogP contribution >= 0.6 is 0 Å². The van der Waals surface area contributed by atoms with Crippen LogP contribution in [0, 0.1) is 6.92 Å². The minimum absolute atomic E-state index is 0.241. The van der Waals surface area contributed by atoms with Crippen molar-refractivity contribution in [2.45, 2.75) is 39.2 Å². The Morgan fingerprint density at radius 1 is 1.25 bits per heavy atom. The first-order chi connectivity index (χ1) is 7.47. The molecule has 90 valence electrons. The molecule has 1 rings (SSSR count). The Bertz CT molecular complexity index is 358. The fourth-order valence-corrected chi connectivity index (χ4v) is 1.78. The second kappa shape index (κ2) is 5.32. The maximum atomic E-state index is 10.1. The smallest absolute Gasteiger partial charge is 0.122 e. The van der Waals surface area contributed by atoms with Crippen LogP contribution in [0.1, 0.15) is 36.5 Å². The third-order valence-corrected chi connectivity index (χ3v) is 2.82. The molecule has 0 saturated heterocycles. The molecule has 3 N–H and O–H groups in total. The molecule has 0 radical (unpaired) electrons. The molecule has 0 heterocycles. The number of phenolic OH excluding ortho intramolecular Hbond substituents is 1. The number of hydrogen-bond donors (Lipinski definition) is 3. The van der Waals surface area contributed by atoms with Crippen LogP contribution in [-0.4, -0.2) is 28.0 Å². The van der Waals surface area contributed by atoms with Gasteiger partial charge >= 0.3 is 0 Å². The van der Waals surface area contributed by atoms with Crippen molar-refractivity contribution < 1.29 is 15.3 Å². The number of phenols is 1. The lowest BCUT2D eigenvalue weighted by molar-refractivity contribution is 0.0948. The zero-order chi connectivity index (χ0) is 12.3. The predicted octanol–water partition coefficient (Wildman–Crippen LogP) is 1.72. The summed E-state index contributed by atoms with van der Waals surface area (Å²) in [6.07, 6.45) is -0.527. The third kappa shape index (κ3) is 2.74. The van der Waals surface area contributed by atoms with Crippen molar-refractivity contribution >= 4 is 0 Å². The van der Waals surface area contributed by atoms with Gasteiger partial charge in [-0.2, -0.15) is 0 Å². The molecular formula is C13H20O3. The van der Waals surface area contributed by atoms with E-state index < -0.39 is 6.10 Å². The van der Waals surface area contributed by atoms with E-state index in [0.29, 0.717) is 0 Å². The average Bonchev–Trinajstić information content (AvgIpc) is 2.23. The summed E-state index contributed by atoms with van der Waals surface area (Å²) in [5, 5.41) is 28.3. The third-order valence-electron chi connectivity index (χ3n) is 2.82. The molecule has 1 aromatic carbocycles. The normalized spacial score (nSPS) is 13.1. The number of benzene rings is 1. The molecule has 0 amide bonds. The molecule has 0 aliphatic heterocycles. The Labute approximate surface area is 96.4 Å². The SMILES string of the molecule is Cc1ccc(C(C)C)c(O)c1CC(O)CO. The van der Waals surface area contributed by atoms with Crippen LogP contribution in [0.5, 0.6) is 5.75 Å². The predicted molar refractivity (Wildman–Crippen MR) is 63.7 cm³/mol. The first kappa shape index (κ1) is 13.0. The van der Waals surface area contributed by atoms with E-state index >= 15 is 0 Å². The number of aromatic hydroxyl groups is 1. The Morgan fingerprint density at radius 2 is 1.88 bits per heavy atom. The quantitative estimate of drug-likeness (QED) is 0.729. The average molecular weight is 224 g/mol. The summed E-state index contributed by atoms with van der Waals surface area (Å²) in [7, 11) is 0. The van der Waals surface area contributed by atoms with Crippen LogP contribution < -0.4 is 0 Å². The lowest BCUT2D eigenvalue weighted by Crippen LogP contribution is -2.16. The highest BCUT2D eigenvalue weighted by Crippen LogP contribution is 2.31. The summed E-state index contributed by atoms with van der Waals surface area (Å²) in [5.41, 5.74) is 2.55. The molecule has 0 spiro atoms. The van der Waals surface area contributed by atoms with Gasteiger partial charge in [-0.25, -0.2) is 0 Å². The van der Waals surface area contributed by atoms with E-state index in [1.54, 1.807) is 0 Å². The first-order valence-corrected chi connectivity index (χ1v) is 5.57. The number of hydrogen-bond acceptors (Lipinski definition) is 3. The van der Waals surface area contributed by atoms with Crippen molar-refractivity contribution in [1.82, 2.24) is 0 Å². The van der Waals surface area contributed by atoms with Gasteiger partial charge in [0.2, 0.25) is 0 Å². The minimum Gasteiger partial charge on any atom is -0.507 e. The summed E-state index contributed by atoms with van der Waals surface area (Å²) < 4.78 is 0. The second-order valence-electron chi connectivity index (χ2n) is 4.49. The molecule has 0 aromatic heterocycles. The van der Waals surface area contributed by atoms with E-state index in [1.807, 2.05) is 32.9 Å². The van der Waals surface area contributed by atoms with Crippen molar-refractivity contribution in [2.24, 2.45) is 0 Å². The fraction of sp³-hybridized carbons (Fsp3) is 0.538. The molecule has 1 atom stereocenters. The zero-order valence-corrected chi connectivity index (χ0v) is 10.1. The second-order valence-corrected chi connectivity index (χ2v) is 4.49. The van der Waals surface area contributed by atoms with Crippen LogP contribution in [0.25, 0.3) is 0 Å². The van der Waals surface area contributed by atoms with Gasteiger partial charge in [0.25, 0.3) is 0 Å². The molecule has 3 nitrogen and oxygen atoms in total. The number of rotatable bonds is 4. The van der Waals surface area contributed by atoms with Gasteiger partial charge in [-0.3, -0.25) is 0 Å². The highest BCUT2D eigenvalue weighted by Gasteiger charge is 2.15. The lowest BCUT2D eigenvalue weighted by Gasteiger charge is -2.16. The molecule has 0 fully saturated rings. The van der Waals surface area contributed by atoms with Gasteiger partial charge < -0.3 is 15.3 Å². The van der Waals surface area contributed by atoms with E-state index in [9.17, 15) is 10.2 Å². The number of aryl methyl sites for hydroxylation is 1. The Balaban J connectivity index is 3.11. The largest absolute Gasteiger partial charge is 0.507 e. The van der Waals surface area contributed by atoms with Crippen molar-refractivity contribution in [3.63, 3.8) is 0 Å².